The van der Waals surface area contributed by atoms with Gasteiger partial charge in [-0.2, -0.15) is 0 Å². The molecule has 1 atom stereocenters. The highest BCUT2D eigenvalue weighted by Crippen LogP contribution is 2.33. The number of halogens is 2. The first-order chi connectivity index (χ1) is 9.20. The Balaban J connectivity index is 2.03. The molecule has 1 nitrogen and oxygen atoms in total. The molecule has 19 heavy (non-hydrogen) atoms. The molecule has 1 aliphatic rings. The van der Waals surface area contributed by atoms with Crippen LogP contribution < -0.4 is 5.32 Å². The Kier molecular flexibility index (Phi) is 6.00. The van der Waals surface area contributed by atoms with Gasteiger partial charge in [0.1, 0.15) is 0 Å². The van der Waals surface area contributed by atoms with E-state index in [1.54, 1.807) is 0 Å². The minimum atomic E-state index is 0.387. The van der Waals surface area contributed by atoms with Gasteiger partial charge < -0.3 is 5.32 Å². The lowest BCUT2D eigenvalue weighted by Gasteiger charge is -2.23. The van der Waals surface area contributed by atoms with Gasteiger partial charge in [-0.25, -0.2) is 0 Å². The Hall–Kier alpha value is -0.240. The first kappa shape index (κ1) is 15.2. The maximum atomic E-state index is 6.12. The average Bonchev–Trinajstić information content (AvgIpc) is 2.68. The smallest absolute Gasteiger partial charge is 0.0595 e. The van der Waals surface area contributed by atoms with Crippen LogP contribution in [0.15, 0.2) is 18.2 Å². The van der Waals surface area contributed by atoms with Crippen molar-refractivity contribution in [2.75, 3.05) is 7.05 Å². The van der Waals surface area contributed by atoms with Crippen molar-refractivity contribution >= 4 is 23.2 Å². The van der Waals surface area contributed by atoms with Gasteiger partial charge in [-0.1, -0.05) is 67.8 Å². The fraction of sp³-hybridized carbons (Fsp3) is 0.625. The van der Waals surface area contributed by atoms with E-state index < -0.39 is 0 Å². The summed E-state index contributed by atoms with van der Waals surface area (Å²) < 4.78 is 0. The Morgan fingerprint density at radius 3 is 2.37 bits per heavy atom. The predicted octanol–water partition coefficient (Wildman–Crippen LogP) is 5.61. The maximum Gasteiger partial charge on any atom is 0.0595 e. The van der Waals surface area contributed by atoms with Crippen molar-refractivity contribution in [1.29, 1.82) is 0 Å². The van der Waals surface area contributed by atoms with Crippen LogP contribution in [-0.4, -0.2) is 7.05 Å². The quantitative estimate of drug-likeness (QED) is 0.712. The molecule has 0 heterocycles. The summed E-state index contributed by atoms with van der Waals surface area (Å²) >= 11 is 12.1. The van der Waals surface area contributed by atoms with Gasteiger partial charge in [-0.15, -0.1) is 0 Å². The minimum absolute atomic E-state index is 0.387. The number of nitrogens with one attached hydrogen (secondary N) is 1. The molecule has 1 N–H and O–H groups in total. The van der Waals surface area contributed by atoms with E-state index in [0.29, 0.717) is 16.1 Å². The van der Waals surface area contributed by atoms with Crippen molar-refractivity contribution in [3.8, 4) is 0 Å². The molecule has 1 aromatic rings. The zero-order valence-corrected chi connectivity index (χ0v) is 13.1. The summed E-state index contributed by atoms with van der Waals surface area (Å²) in [6.07, 6.45) is 9.55. The lowest BCUT2D eigenvalue weighted by Crippen LogP contribution is -2.20. The van der Waals surface area contributed by atoms with E-state index in [-0.39, 0.29) is 0 Å². The van der Waals surface area contributed by atoms with Gasteiger partial charge in [0.05, 0.1) is 10.0 Å². The topological polar surface area (TPSA) is 12.0 Å². The molecule has 1 unspecified atom stereocenters. The second-order valence-electron chi connectivity index (χ2n) is 5.61. The van der Waals surface area contributed by atoms with Gasteiger partial charge in [0.2, 0.25) is 0 Å². The Morgan fingerprint density at radius 1 is 1.11 bits per heavy atom. The van der Waals surface area contributed by atoms with Crippen LogP contribution in [0.25, 0.3) is 0 Å². The van der Waals surface area contributed by atoms with Crippen LogP contribution in [0.2, 0.25) is 10.0 Å². The van der Waals surface area contributed by atoms with Crippen molar-refractivity contribution in [3.05, 3.63) is 33.8 Å². The number of benzene rings is 1. The molecule has 0 aromatic heterocycles. The normalized spacial score (nSPS) is 19.1. The Morgan fingerprint density at radius 2 is 1.79 bits per heavy atom. The highest BCUT2D eigenvalue weighted by Gasteiger charge is 2.18. The van der Waals surface area contributed by atoms with E-state index in [4.69, 9.17) is 23.2 Å². The molecule has 0 amide bonds. The molecule has 0 saturated heterocycles. The third-order valence-electron chi connectivity index (χ3n) is 4.24. The third kappa shape index (κ3) is 4.37. The summed E-state index contributed by atoms with van der Waals surface area (Å²) in [7, 11) is 2.03. The zero-order chi connectivity index (χ0) is 13.7. The van der Waals surface area contributed by atoms with Gasteiger partial charge in [-0.05, 0) is 37.1 Å². The molecule has 1 saturated carbocycles. The van der Waals surface area contributed by atoms with E-state index in [9.17, 15) is 0 Å². The van der Waals surface area contributed by atoms with Crippen LogP contribution in [0.4, 0.5) is 0 Å². The van der Waals surface area contributed by atoms with Crippen molar-refractivity contribution in [1.82, 2.24) is 5.32 Å². The van der Waals surface area contributed by atoms with Gasteiger partial charge in [0.25, 0.3) is 0 Å². The lowest BCUT2D eigenvalue weighted by atomic mass is 9.89. The second-order valence-corrected chi connectivity index (χ2v) is 6.42. The maximum absolute atomic E-state index is 6.12. The summed E-state index contributed by atoms with van der Waals surface area (Å²) in [5.74, 6) is 0.842. The highest BCUT2D eigenvalue weighted by atomic mass is 35.5. The van der Waals surface area contributed by atoms with E-state index in [0.717, 1.165) is 5.92 Å². The monoisotopic (exact) mass is 299 g/mol. The van der Waals surface area contributed by atoms with Crippen LogP contribution >= 0.6 is 23.2 Å². The SMILES string of the molecule is CNC(CC1CCCCCC1)c1ccc(Cl)c(Cl)c1. The molecule has 0 bridgehead atoms. The molecule has 1 aromatic carbocycles. The summed E-state index contributed by atoms with van der Waals surface area (Å²) in [5, 5.41) is 4.72. The van der Waals surface area contributed by atoms with Crippen molar-refractivity contribution in [2.45, 2.75) is 51.0 Å². The Labute approximate surface area is 126 Å². The molecular weight excluding hydrogens is 277 g/mol. The largest absolute Gasteiger partial charge is 0.313 e. The standard InChI is InChI=1S/C16H23Cl2N/c1-19-16(10-12-6-4-2-3-5-7-12)13-8-9-14(17)15(18)11-13/h8-9,11-12,16,19H,2-7,10H2,1H3. The summed E-state index contributed by atoms with van der Waals surface area (Å²) in [5.41, 5.74) is 1.25. The fourth-order valence-corrected chi connectivity index (χ4v) is 3.39. The molecular formula is C16H23Cl2N. The molecule has 1 fully saturated rings. The number of rotatable bonds is 4. The lowest BCUT2D eigenvalue weighted by molar-refractivity contribution is 0.368. The second kappa shape index (κ2) is 7.52. The van der Waals surface area contributed by atoms with E-state index in [1.807, 2.05) is 19.2 Å². The van der Waals surface area contributed by atoms with Crippen LogP contribution in [0.1, 0.15) is 56.6 Å². The minimum Gasteiger partial charge on any atom is -0.313 e. The third-order valence-corrected chi connectivity index (χ3v) is 4.98. The fourth-order valence-electron chi connectivity index (χ4n) is 3.08. The number of hydrogen-bond acceptors (Lipinski definition) is 1. The summed E-state index contributed by atoms with van der Waals surface area (Å²) in [6, 6.07) is 6.38. The van der Waals surface area contributed by atoms with Gasteiger partial charge >= 0.3 is 0 Å². The van der Waals surface area contributed by atoms with Crippen LogP contribution in [0, 0.1) is 5.92 Å². The first-order valence-electron chi connectivity index (χ1n) is 7.33. The van der Waals surface area contributed by atoms with Crippen LogP contribution in [0.3, 0.4) is 0 Å². The van der Waals surface area contributed by atoms with Crippen molar-refractivity contribution in [3.63, 3.8) is 0 Å². The van der Waals surface area contributed by atoms with Crippen molar-refractivity contribution in [2.24, 2.45) is 5.92 Å². The van der Waals surface area contributed by atoms with E-state index in [1.165, 1.54) is 50.5 Å². The molecule has 3 heteroatoms. The molecule has 0 aliphatic heterocycles. The van der Waals surface area contributed by atoms with Gasteiger partial charge in [0.15, 0.2) is 0 Å². The van der Waals surface area contributed by atoms with Crippen LogP contribution in [0.5, 0.6) is 0 Å². The predicted molar refractivity (Wildman–Crippen MR) is 84.1 cm³/mol. The number of hydrogen-bond donors (Lipinski definition) is 1. The average molecular weight is 300 g/mol. The van der Waals surface area contributed by atoms with E-state index >= 15 is 0 Å². The van der Waals surface area contributed by atoms with Crippen LogP contribution in [-0.2, 0) is 0 Å². The molecule has 0 spiro atoms. The summed E-state index contributed by atoms with van der Waals surface area (Å²) in [6.45, 7) is 0. The van der Waals surface area contributed by atoms with E-state index in [2.05, 4.69) is 11.4 Å². The van der Waals surface area contributed by atoms with Gasteiger partial charge in [-0.3, -0.25) is 0 Å². The van der Waals surface area contributed by atoms with Gasteiger partial charge in [0, 0.05) is 6.04 Å². The molecule has 1 aliphatic carbocycles. The van der Waals surface area contributed by atoms with Crippen molar-refractivity contribution < 1.29 is 0 Å². The molecule has 0 radical (unpaired) electrons. The molecule has 2 rings (SSSR count). The molecule has 106 valence electrons. The Bertz CT molecular complexity index is 398. The highest BCUT2D eigenvalue weighted by molar-refractivity contribution is 6.42. The first-order valence-corrected chi connectivity index (χ1v) is 8.08. The summed E-state index contributed by atoms with van der Waals surface area (Å²) in [4.78, 5) is 0. The zero-order valence-electron chi connectivity index (χ0n) is 11.6.